The van der Waals surface area contributed by atoms with Crippen molar-refractivity contribution in [1.82, 2.24) is 9.55 Å². The van der Waals surface area contributed by atoms with Crippen molar-refractivity contribution in [2.45, 2.75) is 117 Å². The number of allylic oxidation sites excluding steroid dienone is 2. The number of anilines is 2. The fourth-order valence-electron chi connectivity index (χ4n) is 9.99. The summed E-state index contributed by atoms with van der Waals surface area (Å²) in [5.74, 6) is 2.44. The molecule has 0 amide bonds. The highest BCUT2D eigenvalue weighted by Crippen LogP contribution is 2.51. The van der Waals surface area contributed by atoms with Crippen LogP contribution in [0.5, 0.6) is 11.5 Å². The second-order valence-electron chi connectivity index (χ2n) is 22.7. The number of aromatic nitrogens is 2. The molecule has 0 radical (unpaired) electrons. The lowest BCUT2D eigenvalue weighted by Gasteiger charge is -2.38. The van der Waals surface area contributed by atoms with Gasteiger partial charge in [0.25, 0.3) is 0 Å². The van der Waals surface area contributed by atoms with Gasteiger partial charge in [0, 0.05) is 51.3 Å². The van der Waals surface area contributed by atoms with E-state index in [1.165, 1.54) is 55.7 Å². The molecule has 1 aliphatic rings. The van der Waals surface area contributed by atoms with Crippen LogP contribution >= 0.6 is 0 Å². The molecule has 3 heterocycles. The minimum absolute atomic E-state index is 0.00729. The minimum Gasteiger partial charge on any atom is -0.457 e. The molecule has 0 bridgehead atoms. The Bertz CT molecular complexity index is 3130. The highest BCUT2D eigenvalue weighted by molar-refractivity contribution is 6.09. The summed E-state index contributed by atoms with van der Waals surface area (Å²) in [5.41, 5.74) is 12.6. The predicted octanol–water partition coefficient (Wildman–Crippen LogP) is 16.3. The lowest BCUT2D eigenvalue weighted by Crippen LogP contribution is -2.34. The molecule has 0 aliphatic carbocycles. The molecule has 0 atom stereocenters. The van der Waals surface area contributed by atoms with E-state index in [1.807, 2.05) is 6.20 Å². The van der Waals surface area contributed by atoms with Crippen LogP contribution in [0, 0.1) is 0 Å². The molecular formula is C62H68N4O. The normalized spacial score (nSPS) is 14.2. The molecule has 0 N–H and O–H groups in total. The zero-order valence-electron chi connectivity index (χ0n) is 42.0. The van der Waals surface area contributed by atoms with Gasteiger partial charge in [0.05, 0.1) is 29.1 Å². The van der Waals surface area contributed by atoms with Crippen LogP contribution in [0.4, 0.5) is 11.4 Å². The van der Waals surface area contributed by atoms with Gasteiger partial charge >= 0.3 is 0 Å². The largest absolute Gasteiger partial charge is 0.457 e. The van der Waals surface area contributed by atoms with Crippen molar-refractivity contribution in [2.24, 2.45) is 0 Å². The number of benzene rings is 6. The Hall–Kier alpha value is -6.59. The fraction of sp³-hybridized carbons (Fsp3) is 0.306. The Labute approximate surface area is 399 Å². The van der Waals surface area contributed by atoms with Crippen LogP contribution in [0.15, 0.2) is 175 Å². The van der Waals surface area contributed by atoms with E-state index in [-0.39, 0.29) is 27.1 Å². The third kappa shape index (κ3) is 8.54. The second kappa shape index (κ2) is 16.6. The van der Waals surface area contributed by atoms with Crippen molar-refractivity contribution in [2.75, 3.05) is 16.5 Å². The Balaban J connectivity index is 1.20. The first-order valence-corrected chi connectivity index (χ1v) is 24.0. The summed E-state index contributed by atoms with van der Waals surface area (Å²) in [4.78, 5) is 10.1. The predicted molar refractivity (Wildman–Crippen MR) is 283 cm³/mol. The van der Waals surface area contributed by atoms with Gasteiger partial charge in [-0.25, -0.2) is 4.98 Å². The van der Waals surface area contributed by atoms with Gasteiger partial charge in [0.1, 0.15) is 17.3 Å². The van der Waals surface area contributed by atoms with Crippen LogP contribution < -0.4 is 14.5 Å². The fourth-order valence-corrected chi connectivity index (χ4v) is 9.99. The summed E-state index contributed by atoms with van der Waals surface area (Å²) < 4.78 is 9.28. The molecule has 5 heteroatoms. The van der Waals surface area contributed by atoms with Crippen molar-refractivity contribution < 1.29 is 4.74 Å². The molecule has 1 aliphatic heterocycles. The number of rotatable bonds is 9. The third-order valence-corrected chi connectivity index (χ3v) is 14.1. The third-order valence-electron chi connectivity index (χ3n) is 14.1. The van der Waals surface area contributed by atoms with Gasteiger partial charge < -0.3 is 14.5 Å². The van der Waals surface area contributed by atoms with Gasteiger partial charge in [-0.3, -0.25) is 4.57 Å². The maximum absolute atomic E-state index is 6.97. The summed E-state index contributed by atoms with van der Waals surface area (Å²) in [6.07, 6.45) is 1.94. The van der Waals surface area contributed by atoms with E-state index < -0.39 is 0 Å². The van der Waals surface area contributed by atoms with Crippen molar-refractivity contribution in [3.63, 3.8) is 0 Å². The number of fused-ring (bicyclic) bond motifs is 3. The van der Waals surface area contributed by atoms with E-state index in [1.54, 1.807) is 0 Å². The molecule has 0 unspecified atom stereocenters. The monoisotopic (exact) mass is 885 g/mol. The van der Waals surface area contributed by atoms with E-state index in [9.17, 15) is 0 Å². The first kappa shape index (κ1) is 45.6. The number of ether oxygens (including phenoxy) is 1. The van der Waals surface area contributed by atoms with Crippen LogP contribution in [0.1, 0.15) is 118 Å². The smallest absolute Gasteiger partial charge is 0.137 e. The number of hydrogen-bond acceptors (Lipinski definition) is 4. The summed E-state index contributed by atoms with van der Waals surface area (Å²) in [5, 5.41) is 2.38. The summed E-state index contributed by atoms with van der Waals surface area (Å²) in [6, 6.07) is 57.6. The van der Waals surface area contributed by atoms with Crippen molar-refractivity contribution in [3.8, 4) is 17.3 Å². The van der Waals surface area contributed by atoms with E-state index >= 15 is 0 Å². The molecule has 6 aromatic carbocycles. The van der Waals surface area contributed by atoms with Crippen molar-refractivity contribution in [3.05, 3.63) is 203 Å². The van der Waals surface area contributed by atoms with E-state index in [0.717, 1.165) is 34.0 Å². The minimum atomic E-state index is -0.389. The maximum Gasteiger partial charge on any atom is 0.137 e. The zero-order chi connectivity index (χ0) is 47.7. The highest BCUT2D eigenvalue weighted by Gasteiger charge is 2.46. The molecule has 2 aromatic heterocycles. The SMILES string of the molecule is CC(C)(C)c1cccc(N2CN(c3cccc(Oc4ccc5c6cc(C(C)(C)C)ccc6n(-c6cc(C(C)(C)C)ccn6)c5c4)c3)C(C(C)(C)c3ccccc3)=C2C(C)(C)c2ccccc2)c1. The van der Waals surface area contributed by atoms with Crippen LogP contribution in [0.25, 0.3) is 27.6 Å². The number of hydrogen-bond donors (Lipinski definition) is 0. The van der Waals surface area contributed by atoms with Crippen LogP contribution in [0.3, 0.4) is 0 Å². The molecule has 0 saturated heterocycles. The molecule has 8 aromatic rings. The highest BCUT2D eigenvalue weighted by atomic mass is 16.5. The Kier molecular flexibility index (Phi) is 11.3. The van der Waals surface area contributed by atoms with Crippen LogP contribution in [-0.2, 0) is 27.1 Å². The molecule has 5 nitrogen and oxygen atoms in total. The Morgan fingerprint density at radius 1 is 0.403 bits per heavy atom. The second-order valence-corrected chi connectivity index (χ2v) is 22.7. The summed E-state index contributed by atoms with van der Waals surface area (Å²) in [7, 11) is 0. The molecule has 9 rings (SSSR count). The first-order chi connectivity index (χ1) is 31.6. The van der Waals surface area contributed by atoms with Gasteiger partial charge in [-0.05, 0) is 105 Å². The Morgan fingerprint density at radius 2 is 0.910 bits per heavy atom. The standard InChI is InChI=1S/C62H68N4O/c1-58(2,3)44-26-20-27-47(36-44)64-41-65(57(62(12,13)43-24-18-15-19-25-43)56(64)61(10,11)42-22-16-14-17-23-42)48-28-21-29-49(39-48)67-50-31-32-51-52-37-45(59(4,5)6)30-33-53(52)66(54(51)40-50)55-38-46(34-35-63-55)60(7,8)9/h14-40H,41H2,1-13H3. The topological polar surface area (TPSA) is 33.5 Å². The zero-order valence-corrected chi connectivity index (χ0v) is 42.0. The van der Waals surface area contributed by atoms with Crippen molar-refractivity contribution >= 4 is 33.2 Å². The van der Waals surface area contributed by atoms with Crippen molar-refractivity contribution in [1.29, 1.82) is 0 Å². The molecule has 342 valence electrons. The van der Waals surface area contributed by atoms with Gasteiger partial charge in [-0.15, -0.1) is 0 Å². The molecular weight excluding hydrogens is 817 g/mol. The maximum atomic E-state index is 6.97. The lowest BCUT2D eigenvalue weighted by atomic mass is 9.73. The van der Waals surface area contributed by atoms with E-state index in [4.69, 9.17) is 9.72 Å². The summed E-state index contributed by atoms with van der Waals surface area (Å²) in [6.45, 7) is 30.6. The molecule has 0 spiro atoms. The van der Waals surface area contributed by atoms with Gasteiger partial charge in [-0.2, -0.15) is 0 Å². The van der Waals surface area contributed by atoms with E-state index in [2.05, 4.69) is 262 Å². The Morgan fingerprint density at radius 3 is 1.49 bits per heavy atom. The van der Waals surface area contributed by atoms with Gasteiger partial charge in [0.2, 0.25) is 0 Å². The number of pyridine rings is 1. The van der Waals surface area contributed by atoms with Gasteiger partial charge in [0.15, 0.2) is 0 Å². The van der Waals surface area contributed by atoms with E-state index in [0.29, 0.717) is 6.67 Å². The molecule has 67 heavy (non-hydrogen) atoms. The van der Waals surface area contributed by atoms with Crippen LogP contribution in [-0.4, -0.2) is 16.2 Å². The molecule has 0 fully saturated rings. The first-order valence-electron chi connectivity index (χ1n) is 24.0. The average molecular weight is 885 g/mol. The lowest BCUT2D eigenvalue weighted by molar-refractivity contribution is 0.483. The number of nitrogens with zero attached hydrogens (tertiary/aromatic N) is 4. The quantitative estimate of drug-likeness (QED) is 0.145. The average Bonchev–Trinajstić information content (AvgIpc) is 3.87. The molecule has 0 saturated carbocycles. The van der Waals surface area contributed by atoms with Gasteiger partial charge in [-0.1, -0.05) is 175 Å². The summed E-state index contributed by atoms with van der Waals surface area (Å²) >= 11 is 0. The van der Waals surface area contributed by atoms with Crippen LogP contribution in [0.2, 0.25) is 0 Å².